The minimum Gasteiger partial charge on any atom is -0.456 e. The molecule has 3 aromatic carbocycles. The molecule has 0 unspecified atom stereocenters. The third kappa shape index (κ3) is 2.21. The number of hydrogen-bond donors (Lipinski definition) is 0. The van der Waals surface area contributed by atoms with E-state index < -0.39 is 0 Å². The van der Waals surface area contributed by atoms with Crippen LogP contribution < -0.4 is 0 Å². The van der Waals surface area contributed by atoms with Crippen LogP contribution in [0.2, 0.25) is 5.15 Å². The molecule has 5 heteroatoms. The van der Waals surface area contributed by atoms with Gasteiger partial charge in [0.05, 0.1) is 0 Å². The van der Waals surface area contributed by atoms with Crippen LogP contribution in [0.5, 0.6) is 0 Å². The van der Waals surface area contributed by atoms with Crippen molar-refractivity contribution in [2.45, 2.75) is 0 Å². The molecule has 0 saturated carbocycles. The maximum atomic E-state index is 6.53. The molecular weight excluding hydrogens is 376 g/mol. The normalized spacial score (nSPS) is 11.9. The molecule has 0 aliphatic carbocycles. The average molecular weight is 387 g/mol. The van der Waals surface area contributed by atoms with Crippen molar-refractivity contribution in [2.24, 2.45) is 0 Å². The predicted molar refractivity (Wildman–Crippen MR) is 113 cm³/mol. The number of hydrogen-bond acceptors (Lipinski definition) is 4. The summed E-state index contributed by atoms with van der Waals surface area (Å²) in [4.78, 5) is 10.4. The number of rotatable bonds is 1. The van der Waals surface area contributed by atoms with Gasteiger partial charge in [-0.25, -0.2) is 9.97 Å². The van der Waals surface area contributed by atoms with Crippen molar-refractivity contribution >= 4 is 65.3 Å². The van der Waals surface area contributed by atoms with Crippen LogP contribution in [0.3, 0.4) is 0 Å². The number of nitrogens with zero attached hydrogens (tertiary/aromatic N) is 2. The van der Waals surface area contributed by atoms with E-state index in [1.54, 1.807) is 11.3 Å². The topological polar surface area (TPSA) is 38.9 Å². The van der Waals surface area contributed by atoms with Crippen LogP contribution in [0, 0.1) is 0 Å². The number of aromatic nitrogens is 2. The van der Waals surface area contributed by atoms with Gasteiger partial charge in [-0.2, -0.15) is 0 Å². The van der Waals surface area contributed by atoms with Gasteiger partial charge in [-0.1, -0.05) is 54.1 Å². The van der Waals surface area contributed by atoms with Crippen molar-refractivity contribution in [2.75, 3.05) is 0 Å². The van der Waals surface area contributed by atoms with Gasteiger partial charge in [-0.3, -0.25) is 0 Å². The van der Waals surface area contributed by atoms with E-state index in [1.807, 2.05) is 42.5 Å². The van der Waals surface area contributed by atoms with E-state index in [1.165, 1.54) is 0 Å². The van der Waals surface area contributed by atoms with Gasteiger partial charge < -0.3 is 4.42 Å². The summed E-state index contributed by atoms with van der Waals surface area (Å²) in [6.07, 6.45) is 0. The summed E-state index contributed by atoms with van der Waals surface area (Å²) in [5, 5.41) is 3.69. The monoisotopic (exact) mass is 386 g/mol. The zero-order valence-electron chi connectivity index (χ0n) is 13.9. The molecule has 3 heterocycles. The van der Waals surface area contributed by atoms with Crippen LogP contribution >= 0.6 is 22.9 Å². The van der Waals surface area contributed by atoms with E-state index in [4.69, 9.17) is 21.0 Å². The minimum atomic E-state index is 0.404. The van der Waals surface area contributed by atoms with Crippen molar-refractivity contribution in [3.05, 3.63) is 71.9 Å². The summed E-state index contributed by atoms with van der Waals surface area (Å²) in [7, 11) is 0. The number of fused-ring (bicyclic) bond motifs is 6. The molecule has 0 aliphatic heterocycles. The Morgan fingerprint density at radius 3 is 2.48 bits per heavy atom. The number of benzene rings is 3. The third-order valence-electron chi connectivity index (χ3n) is 4.82. The molecule has 0 spiro atoms. The Morgan fingerprint density at radius 2 is 1.56 bits per heavy atom. The zero-order valence-corrected chi connectivity index (χ0v) is 15.5. The van der Waals surface area contributed by atoms with Crippen LogP contribution in [-0.2, 0) is 0 Å². The van der Waals surface area contributed by atoms with Gasteiger partial charge in [0.25, 0.3) is 0 Å². The third-order valence-corrected chi connectivity index (χ3v) is 6.14. The minimum absolute atomic E-state index is 0.404. The second-order valence-corrected chi connectivity index (χ2v) is 7.81. The zero-order chi connectivity index (χ0) is 18.0. The van der Waals surface area contributed by atoms with Crippen LogP contribution in [0.1, 0.15) is 0 Å². The van der Waals surface area contributed by atoms with Crippen LogP contribution in [0.15, 0.2) is 71.1 Å². The molecule has 0 amide bonds. The van der Waals surface area contributed by atoms with E-state index in [0.717, 1.165) is 47.9 Å². The molecule has 6 rings (SSSR count). The average Bonchev–Trinajstić information content (AvgIpc) is 3.24. The van der Waals surface area contributed by atoms with Gasteiger partial charge in [0.15, 0.2) is 5.15 Å². The molecule has 27 heavy (non-hydrogen) atoms. The van der Waals surface area contributed by atoms with Gasteiger partial charge in [0.1, 0.15) is 27.2 Å². The number of furan rings is 1. The Morgan fingerprint density at radius 1 is 0.778 bits per heavy atom. The van der Waals surface area contributed by atoms with Gasteiger partial charge in [-0.15, -0.1) is 11.3 Å². The second-order valence-electron chi connectivity index (χ2n) is 6.42. The first-order valence-electron chi connectivity index (χ1n) is 8.54. The van der Waals surface area contributed by atoms with E-state index in [-0.39, 0.29) is 0 Å². The van der Waals surface area contributed by atoms with Crippen molar-refractivity contribution in [3.63, 3.8) is 0 Å². The fourth-order valence-electron chi connectivity index (χ4n) is 3.56. The molecular formula is C22H11ClN2OS. The SMILES string of the molecule is Clc1nc2c(nc1-c1ccc3c(c1)oc1ccccc13)sc1ccccc12. The lowest BCUT2D eigenvalue weighted by Gasteiger charge is -2.03. The van der Waals surface area contributed by atoms with Gasteiger partial charge in [0.2, 0.25) is 0 Å². The Kier molecular flexibility index (Phi) is 3.10. The van der Waals surface area contributed by atoms with E-state index in [2.05, 4.69) is 29.2 Å². The van der Waals surface area contributed by atoms with Gasteiger partial charge >= 0.3 is 0 Å². The largest absolute Gasteiger partial charge is 0.456 e. The Hall–Kier alpha value is -2.95. The van der Waals surface area contributed by atoms with Crippen molar-refractivity contribution in [1.82, 2.24) is 9.97 Å². The lowest BCUT2D eigenvalue weighted by Crippen LogP contribution is -1.89. The molecule has 0 fully saturated rings. The fraction of sp³-hybridized carbons (Fsp3) is 0. The highest BCUT2D eigenvalue weighted by molar-refractivity contribution is 7.25. The predicted octanol–water partition coefficient (Wildman–Crippen LogP) is 7.06. The van der Waals surface area contributed by atoms with Crippen molar-refractivity contribution in [1.29, 1.82) is 0 Å². The molecule has 0 atom stereocenters. The van der Waals surface area contributed by atoms with Crippen molar-refractivity contribution < 1.29 is 4.42 Å². The molecule has 6 aromatic rings. The van der Waals surface area contributed by atoms with E-state index >= 15 is 0 Å². The van der Waals surface area contributed by atoms with E-state index in [0.29, 0.717) is 10.8 Å². The summed E-state index contributed by atoms with van der Waals surface area (Å²) < 4.78 is 7.16. The summed E-state index contributed by atoms with van der Waals surface area (Å²) in [5.41, 5.74) is 4.13. The smallest absolute Gasteiger partial charge is 0.156 e. The quantitative estimate of drug-likeness (QED) is 0.303. The van der Waals surface area contributed by atoms with Gasteiger partial charge in [-0.05, 0) is 24.3 Å². The van der Waals surface area contributed by atoms with Gasteiger partial charge in [0, 0.05) is 26.4 Å². The van der Waals surface area contributed by atoms with Crippen LogP contribution in [0.4, 0.5) is 0 Å². The molecule has 3 aromatic heterocycles. The highest BCUT2D eigenvalue weighted by Gasteiger charge is 2.15. The molecule has 0 saturated heterocycles. The van der Waals surface area contributed by atoms with Crippen LogP contribution in [0.25, 0.3) is 53.6 Å². The molecule has 0 N–H and O–H groups in total. The first kappa shape index (κ1) is 15.1. The number of halogens is 1. The second kappa shape index (κ2) is 5.52. The molecule has 0 aliphatic rings. The molecule has 128 valence electrons. The Bertz CT molecular complexity index is 1500. The summed E-state index contributed by atoms with van der Waals surface area (Å²) >= 11 is 8.16. The maximum Gasteiger partial charge on any atom is 0.156 e. The summed E-state index contributed by atoms with van der Waals surface area (Å²) in [6, 6.07) is 22.3. The summed E-state index contributed by atoms with van der Waals surface area (Å²) in [5.74, 6) is 0. The lowest BCUT2D eigenvalue weighted by molar-refractivity contribution is 0.669. The van der Waals surface area contributed by atoms with E-state index in [9.17, 15) is 0 Å². The molecule has 0 bridgehead atoms. The number of thiophene rings is 1. The van der Waals surface area contributed by atoms with Crippen LogP contribution in [-0.4, -0.2) is 9.97 Å². The maximum absolute atomic E-state index is 6.53. The highest BCUT2D eigenvalue weighted by Crippen LogP contribution is 2.37. The van der Waals surface area contributed by atoms with Crippen molar-refractivity contribution in [3.8, 4) is 11.3 Å². The first-order chi connectivity index (χ1) is 13.3. The Labute approximate surface area is 162 Å². The highest BCUT2D eigenvalue weighted by atomic mass is 35.5. The standard InChI is InChI=1S/C22H11ClN2OS/c23-21-19(25-22-20(24-21)15-6-2-4-8-18(15)27-22)12-9-10-14-13-5-1-3-7-16(13)26-17(14)11-12/h1-11H. The first-order valence-corrected chi connectivity index (χ1v) is 9.74. The Balaban J connectivity index is 1.60. The fourth-order valence-corrected chi connectivity index (χ4v) is 4.81. The molecule has 0 radical (unpaired) electrons. The lowest BCUT2D eigenvalue weighted by atomic mass is 10.1. The summed E-state index contributed by atoms with van der Waals surface area (Å²) in [6.45, 7) is 0. The molecule has 3 nitrogen and oxygen atoms in total. The number of para-hydroxylation sites is 1.